The molecule has 3 N–H and O–H groups in total. The first-order valence-corrected chi connectivity index (χ1v) is 5.15. The van der Waals surface area contributed by atoms with Crippen molar-refractivity contribution in [2.24, 2.45) is 0 Å². The highest BCUT2D eigenvalue weighted by Gasteiger charge is 2.30. The number of hydrogen-bond donors (Lipinski definition) is 3. The van der Waals surface area contributed by atoms with Crippen molar-refractivity contribution < 1.29 is 23.8 Å². The van der Waals surface area contributed by atoms with Gasteiger partial charge in [0.25, 0.3) is 6.01 Å². The molecule has 0 bridgehead atoms. The van der Waals surface area contributed by atoms with Gasteiger partial charge in [-0.05, 0) is 19.1 Å². The minimum atomic E-state index is -1.96. The van der Waals surface area contributed by atoms with Crippen LogP contribution >= 0.6 is 0 Å². The van der Waals surface area contributed by atoms with E-state index < -0.39 is 17.4 Å². The Kier molecular flexibility index (Phi) is 2.92. The van der Waals surface area contributed by atoms with Crippen molar-refractivity contribution in [2.75, 3.05) is 11.9 Å². The zero-order valence-corrected chi connectivity index (χ0v) is 9.48. The summed E-state index contributed by atoms with van der Waals surface area (Å²) < 4.78 is 18.5. The van der Waals surface area contributed by atoms with Gasteiger partial charge in [-0.3, -0.25) is 0 Å². The normalized spacial score (nSPS) is 14.4. The molecule has 0 radical (unpaired) electrons. The van der Waals surface area contributed by atoms with Crippen LogP contribution in [0.5, 0.6) is 0 Å². The monoisotopic (exact) mass is 254 g/mol. The standard InChI is InChI=1S/C11H11FN2O4/c1-11(17,9(15)16)5-13-10-14-8-6(12)3-2-4-7(8)18-10/h2-4,17H,5H2,1H3,(H,13,14)(H,15,16). The molecule has 2 rings (SSSR count). The van der Waals surface area contributed by atoms with Gasteiger partial charge in [-0.2, -0.15) is 4.98 Å². The molecule has 18 heavy (non-hydrogen) atoms. The van der Waals surface area contributed by atoms with Gasteiger partial charge >= 0.3 is 5.97 Å². The summed E-state index contributed by atoms with van der Waals surface area (Å²) in [4.78, 5) is 14.5. The van der Waals surface area contributed by atoms with E-state index in [9.17, 15) is 14.3 Å². The maximum absolute atomic E-state index is 13.3. The number of hydrogen-bond acceptors (Lipinski definition) is 5. The molecule has 0 fully saturated rings. The summed E-state index contributed by atoms with van der Waals surface area (Å²) in [6, 6.07) is 4.20. The van der Waals surface area contributed by atoms with Crippen LogP contribution in [0.25, 0.3) is 11.1 Å². The Morgan fingerprint density at radius 3 is 2.94 bits per heavy atom. The van der Waals surface area contributed by atoms with E-state index in [1.54, 1.807) is 0 Å². The number of benzene rings is 1. The van der Waals surface area contributed by atoms with Crippen molar-refractivity contribution >= 4 is 23.1 Å². The summed E-state index contributed by atoms with van der Waals surface area (Å²) in [6.45, 7) is 0.822. The van der Waals surface area contributed by atoms with Crippen molar-refractivity contribution in [3.8, 4) is 0 Å². The summed E-state index contributed by atoms with van der Waals surface area (Å²) in [6.07, 6.45) is 0. The highest BCUT2D eigenvalue weighted by atomic mass is 19.1. The van der Waals surface area contributed by atoms with Gasteiger partial charge in [-0.15, -0.1) is 0 Å². The minimum absolute atomic E-state index is 0.0448. The van der Waals surface area contributed by atoms with Gasteiger partial charge in [-0.1, -0.05) is 6.07 Å². The lowest BCUT2D eigenvalue weighted by atomic mass is 10.1. The number of carboxylic acid groups (broad SMARTS) is 1. The first-order chi connectivity index (χ1) is 8.40. The van der Waals surface area contributed by atoms with E-state index >= 15 is 0 Å². The first kappa shape index (κ1) is 12.3. The van der Waals surface area contributed by atoms with Gasteiger partial charge in [0.15, 0.2) is 17.0 Å². The Balaban J connectivity index is 2.18. The second-order valence-corrected chi connectivity index (χ2v) is 4.04. The van der Waals surface area contributed by atoms with Crippen molar-refractivity contribution in [1.29, 1.82) is 0 Å². The number of aliphatic carboxylic acids is 1. The molecule has 1 aromatic carbocycles. The topological polar surface area (TPSA) is 95.6 Å². The van der Waals surface area contributed by atoms with E-state index in [0.29, 0.717) is 0 Å². The summed E-state index contributed by atoms with van der Waals surface area (Å²) in [7, 11) is 0. The predicted octanol–water partition coefficient (Wildman–Crippen LogP) is 1.21. The molecule has 0 spiro atoms. The molecule has 0 aliphatic rings. The van der Waals surface area contributed by atoms with Crippen LogP contribution in [0.3, 0.4) is 0 Å². The molecule has 0 aliphatic carbocycles. The molecule has 1 heterocycles. The van der Waals surface area contributed by atoms with Gasteiger partial charge in [-0.25, -0.2) is 9.18 Å². The lowest BCUT2D eigenvalue weighted by Gasteiger charge is -2.17. The molecule has 0 saturated carbocycles. The third kappa shape index (κ3) is 2.25. The molecular formula is C11H11FN2O4. The fourth-order valence-corrected chi connectivity index (χ4v) is 1.31. The SMILES string of the molecule is CC(O)(CNc1nc2c(F)cccc2o1)C(=O)O. The number of carbonyl (C=O) groups is 1. The fraction of sp³-hybridized carbons (Fsp3) is 0.273. The summed E-state index contributed by atoms with van der Waals surface area (Å²) in [5.74, 6) is -1.91. The second-order valence-electron chi connectivity index (χ2n) is 4.04. The van der Waals surface area contributed by atoms with Gasteiger partial charge in [0, 0.05) is 0 Å². The van der Waals surface area contributed by atoms with Crippen LogP contribution in [0, 0.1) is 5.82 Å². The average Bonchev–Trinajstić information content (AvgIpc) is 2.71. The number of rotatable bonds is 4. The van der Waals surface area contributed by atoms with Crippen LogP contribution in [0.1, 0.15) is 6.92 Å². The molecule has 1 atom stereocenters. The molecule has 0 saturated heterocycles. The molecule has 96 valence electrons. The van der Waals surface area contributed by atoms with E-state index in [-0.39, 0.29) is 23.7 Å². The second kappa shape index (κ2) is 4.26. The highest BCUT2D eigenvalue weighted by molar-refractivity contribution is 5.78. The van der Waals surface area contributed by atoms with E-state index in [0.717, 1.165) is 6.92 Å². The molecule has 7 heteroatoms. The van der Waals surface area contributed by atoms with Crippen molar-refractivity contribution in [1.82, 2.24) is 4.98 Å². The van der Waals surface area contributed by atoms with Crippen LogP contribution in [-0.2, 0) is 4.79 Å². The Morgan fingerprint density at radius 1 is 1.61 bits per heavy atom. The van der Waals surface area contributed by atoms with Gasteiger partial charge in [0.2, 0.25) is 0 Å². The maximum Gasteiger partial charge on any atom is 0.337 e. The number of nitrogens with zero attached hydrogens (tertiary/aromatic N) is 1. The van der Waals surface area contributed by atoms with E-state index in [1.807, 2.05) is 0 Å². The Labute approximate surface area is 101 Å². The predicted molar refractivity (Wildman–Crippen MR) is 60.7 cm³/mol. The van der Waals surface area contributed by atoms with Crippen molar-refractivity contribution in [3.05, 3.63) is 24.0 Å². The van der Waals surface area contributed by atoms with Crippen LogP contribution in [0.2, 0.25) is 0 Å². The van der Waals surface area contributed by atoms with Crippen LogP contribution in [0.15, 0.2) is 22.6 Å². The van der Waals surface area contributed by atoms with E-state index in [1.165, 1.54) is 18.2 Å². The Hall–Kier alpha value is -2.15. The molecule has 6 nitrogen and oxygen atoms in total. The summed E-state index contributed by atoms with van der Waals surface area (Å²) in [5.41, 5.74) is -1.67. The molecule has 0 aliphatic heterocycles. The number of carboxylic acids is 1. The third-order valence-corrected chi connectivity index (χ3v) is 2.41. The highest BCUT2D eigenvalue weighted by Crippen LogP contribution is 2.21. The molecule has 0 amide bonds. The number of aromatic nitrogens is 1. The van der Waals surface area contributed by atoms with E-state index in [2.05, 4.69) is 10.3 Å². The van der Waals surface area contributed by atoms with Crippen LogP contribution in [0.4, 0.5) is 10.4 Å². The quantitative estimate of drug-likeness (QED) is 0.759. The molecule has 1 unspecified atom stereocenters. The van der Waals surface area contributed by atoms with Gasteiger partial charge < -0.3 is 19.9 Å². The molecular weight excluding hydrogens is 243 g/mol. The fourth-order valence-electron chi connectivity index (χ4n) is 1.31. The largest absolute Gasteiger partial charge is 0.479 e. The summed E-state index contributed by atoms with van der Waals surface area (Å²) >= 11 is 0. The van der Waals surface area contributed by atoms with Gasteiger partial charge in [0.1, 0.15) is 5.52 Å². The number of para-hydroxylation sites is 1. The third-order valence-electron chi connectivity index (χ3n) is 2.41. The van der Waals surface area contributed by atoms with Crippen LogP contribution < -0.4 is 5.32 Å². The first-order valence-electron chi connectivity index (χ1n) is 5.15. The Morgan fingerprint density at radius 2 is 2.33 bits per heavy atom. The lowest BCUT2D eigenvalue weighted by molar-refractivity contribution is -0.155. The Bertz CT molecular complexity index is 594. The number of nitrogens with one attached hydrogen (secondary N) is 1. The number of fused-ring (bicyclic) bond motifs is 1. The molecule has 2 aromatic rings. The number of aliphatic hydroxyl groups is 1. The van der Waals surface area contributed by atoms with Gasteiger partial charge in [0.05, 0.1) is 6.54 Å². The average molecular weight is 254 g/mol. The van der Waals surface area contributed by atoms with Crippen molar-refractivity contribution in [2.45, 2.75) is 12.5 Å². The van der Waals surface area contributed by atoms with Crippen LogP contribution in [-0.4, -0.2) is 33.3 Å². The lowest BCUT2D eigenvalue weighted by Crippen LogP contribution is -2.41. The number of halogens is 1. The summed E-state index contributed by atoms with van der Waals surface area (Å²) in [5, 5.41) is 20.7. The zero-order valence-electron chi connectivity index (χ0n) is 9.48. The zero-order chi connectivity index (χ0) is 13.3. The van der Waals surface area contributed by atoms with E-state index in [4.69, 9.17) is 9.52 Å². The number of anilines is 1. The number of oxazole rings is 1. The molecule has 1 aromatic heterocycles. The minimum Gasteiger partial charge on any atom is -0.479 e. The maximum atomic E-state index is 13.3. The van der Waals surface area contributed by atoms with Crippen molar-refractivity contribution in [3.63, 3.8) is 0 Å². The smallest absolute Gasteiger partial charge is 0.337 e.